The van der Waals surface area contributed by atoms with Gasteiger partial charge in [-0.3, -0.25) is 4.79 Å². The van der Waals surface area contributed by atoms with E-state index in [-0.39, 0.29) is 12.2 Å². The number of esters is 1. The highest BCUT2D eigenvalue weighted by atomic mass is 32.2. The molecule has 0 aliphatic carbocycles. The van der Waals surface area contributed by atoms with E-state index in [2.05, 4.69) is 14.8 Å². The Balaban J connectivity index is 2.17. The smallest absolute Gasteiger partial charge is 0.306 e. The first kappa shape index (κ1) is 14.4. The molecule has 1 fully saturated rings. The number of hydrogen-bond acceptors (Lipinski definition) is 5. The minimum Gasteiger partial charge on any atom is -0.469 e. The van der Waals surface area contributed by atoms with Gasteiger partial charge in [-0.25, -0.2) is 13.1 Å². The van der Waals surface area contributed by atoms with Crippen molar-refractivity contribution in [3.8, 4) is 0 Å². The molecule has 100 valence electrons. The molecule has 0 unspecified atom stereocenters. The molecule has 0 radical (unpaired) electrons. The molecule has 17 heavy (non-hydrogen) atoms. The van der Waals surface area contributed by atoms with Crippen molar-refractivity contribution in [2.24, 2.45) is 0 Å². The lowest BCUT2D eigenvalue weighted by Crippen LogP contribution is -2.32. The Bertz CT molecular complexity index is 336. The van der Waals surface area contributed by atoms with Crippen LogP contribution in [-0.4, -0.2) is 46.4 Å². The zero-order chi connectivity index (χ0) is 12.7. The zero-order valence-corrected chi connectivity index (χ0v) is 10.9. The van der Waals surface area contributed by atoms with E-state index in [1.54, 1.807) is 0 Å². The molecular weight excluding hydrogens is 244 g/mol. The second kappa shape index (κ2) is 6.93. The Morgan fingerprint density at radius 2 is 2.29 bits per heavy atom. The standard InChI is InChI=1S/C10H20N2O4S/c1-16-10(13)5-8-17(14,15)12-7-4-9-3-2-6-11-9/h9,11-12H,2-8H2,1H3/t9-/m1/s1. The quantitative estimate of drug-likeness (QED) is 0.612. The lowest BCUT2D eigenvalue weighted by Gasteiger charge is -2.10. The third-order valence-corrected chi connectivity index (χ3v) is 4.17. The molecule has 0 spiro atoms. The predicted octanol–water partition coefficient (Wildman–Crippen LogP) is -0.389. The van der Waals surface area contributed by atoms with Crippen LogP contribution in [0.25, 0.3) is 0 Å². The lowest BCUT2D eigenvalue weighted by molar-refractivity contribution is -0.140. The second-order valence-electron chi connectivity index (χ2n) is 4.12. The molecule has 0 amide bonds. The van der Waals surface area contributed by atoms with E-state index in [0.717, 1.165) is 25.8 Å². The van der Waals surface area contributed by atoms with Gasteiger partial charge in [0.05, 0.1) is 19.3 Å². The highest BCUT2D eigenvalue weighted by Gasteiger charge is 2.16. The Morgan fingerprint density at radius 1 is 1.53 bits per heavy atom. The SMILES string of the molecule is COC(=O)CCS(=O)(=O)NCC[C@H]1CCCN1. The molecule has 6 nitrogen and oxygen atoms in total. The van der Waals surface area contributed by atoms with Gasteiger partial charge in [0.1, 0.15) is 0 Å². The number of nitrogens with one attached hydrogen (secondary N) is 2. The normalized spacial score (nSPS) is 20.4. The van der Waals surface area contributed by atoms with Crippen molar-refractivity contribution in [1.29, 1.82) is 0 Å². The summed E-state index contributed by atoms with van der Waals surface area (Å²) in [7, 11) is -2.11. The number of hydrogen-bond donors (Lipinski definition) is 2. The van der Waals surface area contributed by atoms with Crippen LogP contribution in [0.1, 0.15) is 25.7 Å². The van der Waals surface area contributed by atoms with Gasteiger partial charge < -0.3 is 10.1 Å². The largest absolute Gasteiger partial charge is 0.469 e. The third kappa shape index (κ3) is 5.99. The van der Waals surface area contributed by atoms with Crippen LogP contribution in [0.4, 0.5) is 0 Å². The zero-order valence-electron chi connectivity index (χ0n) is 10.1. The van der Waals surface area contributed by atoms with Gasteiger partial charge in [0.15, 0.2) is 0 Å². The number of sulfonamides is 1. The molecule has 0 saturated carbocycles. The van der Waals surface area contributed by atoms with Crippen molar-refractivity contribution in [3.05, 3.63) is 0 Å². The van der Waals surface area contributed by atoms with Crippen molar-refractivity contribution in [3.63, 3.8) is 0 Å². The Labute approximate surface area is 102 Å². The summed E-state index contributed by atoms with van der Waals surface area (Å²) in [6, 6.07) is 0.415. The first-order chi connectivity index (χ1) is 8.03. The van der Waals surface area contributed by atoms with Crippen LogP contribution in [0.5, 0.6) is 0 Å². The molecule has 0 aromatic rings. The first-order valence-electron chi connectivity index (χ1n) is 5.81. The van der Waals surface area contributed by atoms with E-state index in [1.165, 1.54) is 7.11 Å². The summed E-state index contributed by atoms with van der Waals surface area (Å²) < 4.78 is 29.9. The first-order valence-corrected chi connectivity index (χ1v) is 7.46. The van der Waals surface area contributed by atoms with E-state index in [4.69, 9.17) is 0 Å². The summed E-state index contributed by atoms with van der Waals surface area (Å²) in [5.41, 5.74) is 0. The highest BCUT2D eigenvalue weighted by Crippen LogP contribution is 2.07. The van der Waals surface area contributed by atoms with Crippen molar-refractivity contribution >= 4 is 16.0 Å². The maximum absolute atomic E-state index is 11.5. The van der Waals surface area contributed by atoms with Crippen molar-refractivity contribution < 1.29 is 17.9 Å². The molecule has 0 aromatic carbocycles. The van der Waals surface area contributed by atoms with E-state index in [1.807, 2.05) is 0 Å². The predicted molar refractivity (Wildman–Crippen MR) is 64.1 cm³/mol. The lowest BCUT2D eigenvalue weighted by atomic mass is 10.2. The summed E-state index contributed by atoms with van der Waals surface area (Å²) in [6.45, 7) is 1.43. The van der Waals surface area contributed by atoms with Gasteiger partial charge in [0.2, 0.25) is 10.0 Å². The van der Waals surface area contributed by atoms with Crippen molar-refractivity contribution in [2.45, 2.75) is 31.7 Å². The van der Waals surface area contributed by atoms with Gasteiger partial charge in [-0.1, -0.05) is 0 Å². The topological polar surface area (TPSA) is 84.5 Å². The minimum atomic E-state index is -3.36. The minimum absolute atomic E-state index is 0.104. The van der Waals surface area contributed by atoms with Crippen LogP contribution >= 0.6 is 0 Å². The molecule has 1 rings (SSSR count). The fourth-order valence-corrected chi connectivity index (χ4v) is 2.79. The van der Waals surface area contributed by atoms with Crippen molar-refractivity contribution in [2.75, 3.05) is 26.0 Å². The van der Waals surface area contributed by atoms with Crippen LogP contribution in [0.3, 0.4) is 0 Å². The molecule has 1 heterocycles. The van der Waals surface area contributed by atoms with E-state index >= 15 is 0 Å². The number of ether oxygens (including phenoxy) is 1. The number of carbonyl (C=O) groups is 1. The fraction of sp³-hybridized carbons (Fsp3) is 0.900. The average Bonchev–Trinajstić information content (AvgIpc) is 2.79. The van der Waals surface area contributed by atoms with E-state index in [0.29, 0.717) is 12.6 Å². The molecule has 1 aliphatic heterocycles. The molecular formula is C10H20N2O4S. The average molecular weight is 264 g/mol. The van der Waals surface area contributed by atoms with Crippen LogP contribution in [0.2, 0.25) is 0 Å². The molecule has 2 N–H and O–H groups in total. The summed E-state index contributed by atoms with van der Waals surface area (Å²) in [5, 5.41) is 3.29. The number of methoxy groups -OCH3 is 1. The molecule has 1 aliphatic rings. The van der Waals surface area contributed by atoms with Crippen molar-refractivity contribution in [1.82, 2.24) is 10.0 Å². The van der Waals surface area contributed by atoms with Gasteiger partial charge in [0.25, 0.3) is 0 Å². The number of rotatable bonds is 7. The summed E-state index contributed by atoms with van der Waals surface area (Å²) in [4.78, 5) is 10.8. The van der Waals surface area contributed by atoms with Gasteiger partial charge in [-0.05, 0) is 25.8 Å². The van der Waals surface area contributed by atoms with Gasteiger partial charge in [0, 0.05) is 12.6 Å². The van der Waals surface area contributed by atoms with Gasteiger partial charge in [-0.15, -0.1) is 0 Å². The van der Waals surface area contributed by atoms with Crippen LogP contribution in [0, 0.1) is 0 Å². The van der Waals surface area contributed by atoms with Crippen LogP contribution in [0.15, 0.2) is 0 Å². The monoisotopic (exact) mass is 264 g/mol. The maximum atomic E-state index is 11.5. The molecule has 7 heteroatoms. The Morgan fingerprint density at radius 3 is 2.88 bits per heavy atom. The third-order valence-electron chi connectivity index (χ3n) is 2.78. The maximum Gasteiger partial charge on any atom is 0.306 e. The fourth-order valence-electron chi connectivity index (χ4n) is 1.78. The van der Waals surface area contributed by atoms with Gasteiger partial charge in [-0.2, -0.15) is 0 Å². The summed E-state index contributed by atoms with van der Waals surface area (Å²) >= 11 is 0. The van der Waals surface area contributed by atoms with Gasteiger partial charge >= 0.3 is 5.97 Å². The highest BCUT2D eigenvalue weighted by molar-refractivity contribution is 7.89. The number of carbonyl (C=O) groups excluding carboxylic acids is 1. The molecule has 1 saturated heterocycles. The molecule has 1 atom stereocenters. The molecule has 0 bridgehead atoms. The Kier molecular flexibility index (Phi) is 5.87. The second-order valence-corrected chi connectivity index (χ2v) is 6.05. The van der Waals surface area contributed by atoms with E-state index < -0.39 is 16.0 Å². The van der Waals surface area contributed by atoms with Crippen LogP contribution in [-0.2, 0) is 19.6 Å². The molecule has 0 aromatic heterocycles. The summed E-state index contributed by atoms with van der Waals surface area (Å²) in [6.07, 6.45) is 2.94. The summed E-state index contributed by atoms with van der Waals surface area (Å²) in [5.74, 6) is -0.717. The van der Waals surface area contributed by atoms with E-state index in [9.17, 15) is 13.2 Å². The Hall–Kier alpha value is -0.660. The van der Waals surface area contributed by atoms with Crippen LogP contribution < -0.4 is 10.0 Å².